The van der Waals surface area contributed by atoms with Crippen molar-refractivity contribution in [1.29, 1.82) is 0 Å². The number of nitrogens with zero attached hydrogens (tertiary/aromatic N) is 5. The van der Waals surface area contributed by atoms with Crippen LogP contribution in [0.4, 0.5) is 0 Å². The number of imidazole rings is 1. The minimum Gasteiger partial charge on any atom is -0.329 e. The molecule has 22 heavy (non-hydrogen) atoms. The van der Waals surface area contributed by atoms with Crippen LogP contribution in [0.25, 0.3) is 0 Å². The first-order valence-electron chi connectivity index (χ1n) is 8.16. The summed E-state index contributed by atoms with van der Waals surface area (Å²) in [4.78, 5) is 14.0. The number of aromatic nitrogens is 3. The van der Waals surface area contributed by atoms with Crippen LogP contribution in [0.15, 0.2) is 17.8 Å². The Morgan fingerprint density at radius 1 is 1.18 bits per heavy atom. The maximum atomic E-state index is 4.67. The van der Waals surface area contributed by atoms with Gasteiger partial charge in [-0.1, -0.05) is 13.8 Å². The van der Waals surface area contributed by atoms with Gasteiger partial charge in [0, 0.05) is 50.4 Å². The second-order valence-electron chi connectivity index (χ2n) is 5.73. The first kappa shape index (κ1) is 15.6. The molecule has 120 valence electrons. The van der Waals surface area contributed by atoms with Crippen molar-refractivity contribution in [2.75, 3.05) is 26.2 Å². The lowest BCUT2D eigenvalue weighted by Crippen LogP contribution is -2.27. The monoisotopic (exact) mass is 319 g/mol. The summed E-state index contributed by atoms with van der Waals surface area (Å²) in [5, 5.41) is 3.27. The van der Waals surface area contributed by atoms with Crippen molar-refractivity contribution in [3.63, 3.8) is 0 Å². The zero-order chi connectivity index (χ0) is 15.4. The van der Waals surface area contributed by atoms with Gasteiger partial charge in [0.2, 0.25) is 0 Å². The van der Waals surface area contributed by atoms with Crippen molar-refractivity contribution in [3.05, 3.63) is 34.3 Å². The predicted octanol–water partition coefficient (Wildman–Crippen LogP) is 2.24. The minimum absolute atomic E-state index is 0.966. The van der Waals surface area contributed by atoms with Gasteiger partial charge in [0.15, 0.2) is 0 Å². The normalized spacial score (nSPS) is 16.0. The molecule has 0 atom stereocenters. The van der Waals surface area contributed by atoms with Crippen molar-refractivity contribution in [2.24, 2.45) is 0 Å². The lowest BCUT2D eigenvalue weighted by atomic mass is 10.3. The summed E-state index contributed by atoms with van der Waals surface area (Å²) in [5.74, 6) is 1.24. The summed E-state index contributed by atoms with van der Waals surface area (Å²) in [7, 11) is 0. The molecule has 0 saturated heterocycles. The molecule has 3 heterocycles. The summed E-state index contributed by atoms with van der Waals surface area (Å²) < 4.78 is 2.43. The van der Waals surface area contributed by atoms with Gasteiger partial charge in [0.1, 0.15) is 10.8 Å². The average molecular weight is 319 g/mol. The molecular weight excluding hydrogens is 294 g/mol. The van der Waals surface area contributed by atoms with Gasteiger partial charge in [-0.15, -0.1) is 11.3 Å². The number of hydrogen-bond donors (Lipinski definition) is 0. The molecule has 0 N–H and O–H groups in total. The fraction of sp³-hybridized carbons (Fsp3) is 0.625. The van der Waals surface area contributed by atoms with E-state index in [4.69, 9.17) is 0 Å². The van der Waals surface area contributed by atoms with E-state index in [0.29, 0.717) is 0 Å². The fourth-order valence-electron chi connectivity index (χ4n) is 3.02. The summed E-state index contributed by atoms with van der Waals surface area (Å²) >= 11 is 1.74. The Morgan fingerprint density at radius 2 is 2.05 bits per heavy atom. The standard InChI is InChI=1S/C16H25N5S/c1-3-19(4-2)12-14-11-18-15-5-7-20(8-9-21(14)15)13-16-17-6-10-22-16/h6,10-11H,3-5,7-9,12-13H2,1-2H3. The van der Waals surface area contributed by atoms with E-state index in [1.54, 1.807) is 11.3 Å². The zero-order valence-electron chi connectivity index (χ0n) is 13.5. The first-order valence-corrected chi connectivity index (χ1v) is 9.04. The number of fused-ring (bicyclic) bond motifs is 1. The van der Waals surface area contributed by atoms with Crippen molar-refractivity contribution in [1.82, 2.24) is 24.3 Å². The maximum Gasteiger partial charge on any atom is 0.110 e. The maximum absolute atomic E-state index is 4.67. The van der Waals surface area contributed by atoms with E-state index in [-0.39, 0.29) is 0 Å². The molecule has 0 unspecified atom stereocenters. The minimum atomic E-state index is 0.966. The van der Waals surface area contributed by atoms with Crippen LogP contribution in [-0.4, -0.2) is 50.5 Å². The Morgan fingerprint density at radius 3 is 2.77 bits per heavy atom. The Bertz CT molecular complexity index is 573. The Hall–Kier alpha value is -1.24. The fourth-order valence-corrected chi connectivity index (χ4v) is 3.68. The SMILES string of the molecule is CCN(CC)Cc1cnc2n1CCN(Cc1nccs1)CC2. The van der Waals surface area contributed by atoms with E-state index >= 15 is 0 Å². The van der Waals surface area contributed by atoms with Crippen LogP contribution >= 0.6 is 11.3 Å². The lowest BCUT2D eigenvalue weighted by molar-refractivity contribution is 0.264. The van der Waals surface area contributed by atoms with E-state index in [2.05, 4.69) is 49.8 Å². The highest BCUT2D eigenvalue weighted by molar-refractivity contribution is 7.09. The lowest BCUT2D eigenvalue weighted by Gasteiger charge is -2.20. The van der Waals surface area contributed by atoms with Crippen molar-refractivity contribution < 1.29 is 0 Å². The van der Waals surface area contributed by atoms with Crippen molar-refractivity contribution >= 4 is 11.3 Å². The first-order chi connectivity index (χ1) is 10.8. The molecule has 0 radical (unpaired) electrons. The molecule has 1 aliphatic heterocycles. The van der Waals surface area contributed by atoms with Gasteiger partial charge in [0.05, 0.1) is 12.2 Å². The summed E-state index contributed by atoms with van der Waals surface area (Å²) in [6.45, 7) is 11.8. The molecule has 0 aliphatic carbocycles. The molecule has 0 aromatic carbocycles. The summed E-state index contributed by atoms with van der Waals surface area (Å²) in [5.41, 5.74) is 1.36. The van der Waals surface area contributed by atoms with Gasteiger partial charge in [-0.3, -0.25) is 9.80 Å². The van der Waals surface area contributed by atoms with Gasteiger partial charge in [-0.25, -0.2) is 9.97 Å². The highest BCUT2D eigenvalue weighted by Gasteiger charge is 2.18. The van der Waals surface area contributed by atoms with Gasteiger partial charge in [-0.2, -0.15) is 0 Å². The zero-order valence-corrected chi connectivity index (χ0v) is 14.3. The molecule has 0 amide bonds. The second-order valence-corrected chi connectivity index (χ2v) is 6.71. The molecule has 2 aromatic heterocycles. The molecule has 2 aromatic rings. The van der Waals surface area contributed by atoms with Crippen molar-refractivity contribution in [2.45, 2.75) is 39.9 Å². The molecular formula is C16H25N5S. The highest BCUT2D eigenvalue weighted by Crippen LogP contribution is 2.16. The number of rotatable bonds is 6. The van der Waals surface area contributed by atoms with Crippen LogP contribution in [0.1, 0.15) is 30.4 Å². The van der Waals surface area contributed by atoms with E-state index < -0.39 is 0 Å². The molecule has 0 fully saturated rings. The molecule has 5 nitrogen and oxygen atoms in total. The quantitative estimate of drug-likeness (QED) is 0.818. The van der Waals surface area contributed by atoms with E-state index in [0.717, 1.165) is 52.2 Å². The smallest absolute Gasteiger partial charge is 0.110 e. The number of hydrogen-bond acceptors (Lipinski definition) is 5. The molecule has 6 heteroatoms. The Labute approximate surface area is 136 Å². The van der Waals surface area contributed by atoms with E-state index in [1.807, 2.05) is 6.20 Å². The van der Waals surface area contributed by atoms with E-state index in [1.165, 1.54) is 16.5 Å². The molecule has 0 spiro atoms. The summed E-state index contributed by atoms with van der Waals surface area (Å²) in [6, 6.07) is 0. The van der Waals surface area contributed by atoms with Gasteiger partial charge >= 0.3 is 0 Å². The van der Waals surface area contributed by atoms with Crippen LogP contribution in [0, 0.1) is 0 Å². The Kier molecular flexibility index (Phi) is 5.23. The molecule has 1 aliphatic rings. The molecule has 3 rings (SSSR count). The largest absolute Gasteiger partial charge is 0.329 e. The van der Waals surface area contributed by atoms with E-state index in [9.17, 15) is 0 Å². The van der Waals surface area contributed by atoms with Crippen LogP contribution in [0.2, 0.25) is 0 Å². The van der Waals surface area contributed by atoms with Crippen LogP contribution in [0.5, 0.6) is 0 Å². The van der Waals surface area contributed by atoms with Crippen molar-refractivity contribution in [3.8, 4) is 0 Å². The van der Waals surface area contributed by atoms with Gasteiger partial charge in [-0.05, 0) is 13.1 Å². The average Bonchev–Trinajstić information content (AvgIpc) is 3.13. The third kappa shape index (κ3) is 3.56. The topological polar surface area (TPSA) is 37.2 Å². The van der Waals surface area contributed by atoms with Gasteiger partial charge < -0.3 is 4.57 Å². The third-order valence-corrected chi connectivity index (χ3v) is 5.20. The highest BCUT2D eigenvalue weighted by atomic mass is 32.1. The predicted molar refractivity (Wildman–Crippen MR) is 89.9 cm³/mol. The van der Waals surface area contributed by atoms with Gasteiger partial charge in [0.25, 0.3) is 0 Å². The third-order valence-electron chi connectivity index (χ3n) is 4.43. The van der Waals surface area contributed by atoms with Crippen LogP contribution in [-0.2, 0) is 26.1 Å². The van der Waals surface area contributed by atoms with Crippen LogP contribution in [0.3, 0.4) is 0 Å². The van der Waals surface area contributed by atoms with Crippen LogP contribution < -0.4 is 0 Å². The second kappa shape index (κ2) is 7.35. The summed E-state index contributed by atoms with van der Waals surface area (Å²) in [6.07, 6.45) is 5.00. The Balaban J connectivity index is 1.65. The number of thiazole rings is 1. The molecule has 0 saturated carbocycles. The molecule has 0 bridgehead atoms.